The molecule has 2 N–H and O–H groups in total. The number of rotatable bonds is 7. The summed E-state index contributed by atoms with van der Waals surface area (Å²) >= 11 is 0. The van der Waals surface area contributed by atoms with E-state index in [1.807, 2.05) is 6.92 Å². The number of amides is 1. The fourth-order valence-electron chi connectivity index (χ4n) is 2.68. The monoisotopic (exact) mass is 391 g/mol. The number of carbonyl (C=O) groups is 1. The quantitative estimate of drug-likeness (QED) is 0.641. The van der Waals surface area contributed by atoms with E-state index in [4.69, 9.17) is 14.6 Å². The number of pyridine rings is 1. The van der Waals surface area contributed by atoms with E-state index in [2.05, 4.69) is 10.4 Å². The molecule has 0 saturated heterocycles. The van der Waals surface area contributed by atoms with Crippen molar-refractivity contribution in [3.05, 3.63) is 48.2 Å². The van der Waals surface area contributed by atoms with Gasteiger partial charge in [-0.05, 0) is 38.1 Å². The van der Waals surface area contributed by atoms with Crippen molar-refractivity contribution < 1.29 is 28.2 Å². The van der Waals surface area contributed by atoms with Gasteiger partial charge in [0.2, 0.25) is 0 Å². The van der Waals surface area contributed by atoms with Crippen LogP contribution in [0.2, 0.25) is 0 Å². The second-order valence-corrected chi connectivity index (χ2v) is 6.09. The number of halogens is 2. The molecule has 2 heterocycles. The van der Waals surface area contributed by atoms with E-state index < -0.39 is 23.8 Å². The van der Waals surface area contributed by atoms with Crippen LogP contribution in [0.3, 0.4) is 0 Å². The van der Waals surface area contributed by atoms with Crippen molar-refractivity contribution in [3.63, 3.8) is 0 Å². The summed E-state index contributed by atoms with van der Waals surface area (Å²) in [4.78, 5) is 10.6. The van der Waals surface area contributed by atoms with Crippen molar-refractivity contribution in [1.29, 1.82) is 0 Å². The molecule has 2 aromatic heterocycles. The zero-order valence-electron chi connectivity index (χ0n) is 15.3. The average Bonchev–Trinajstić information content (AvgIpc) is 2.96. The lowest BCUT2D eigenvalue weighted by atomic mass is 10.1. The zero-order chi connectivity index (χ0) is 20.3. The molecular weight excluding hydrogens is 372 g/mol. The molecule has 28 heavy (non-hydrogen) atoms. The van der Waals surface area contributed by atoms with Gasteiger partial charge in [0.15, 0.2) is 5.82 Å². The van der Waals surface area contributed by atoms with Crippen LogP contribution in [0.1, 0.15) is 13.8 Å². The van der Waals surface area contributed by atoms with Gasteiger partial charge < -0.3 is 19.9 Å². The summed E-state index contributed by atoms with van der Waals surface area (Å²) in [5.41, 5.74) is 0.0635. The molecule has 0 radical (unpaired) electrons. The van der Waals surface area contributed by atoms with Crippen LogP contribution in [0.5, 0.6) is 11.5 Å². The third-order valence-corrected chi connectivity index (χ3v) is 3.92. The summed E-state index contributed by atoms with van der Waals surface area (Å²) in [6.45, 7) is 3.92. The third-order valence-electron chi connectivity index (χ3n) is 3.92. The zero-order valence-corrected chi connectivity index (χ0v) is 15.3. The Balaban J connectivity index is 1.83. The number of hydrogen-bond donors (Lipinski definition) is 2. The second kappa shape index (κ2) is 8.12. The Morgan fingerprint density at radius 3 is 2.68 bits per heavy atom. The van der Waals surface area contributed by atoms with Gasteiger partial charge in [-0.1, -0.05) is 0 Å². The topological polar surface area (TPSA) is 85.1 Å². The summed E-state index contributed by atoms with van der Waals surface area (Å²) in [5, 5.41) is 15.0. The lowest BCUT2D eigenvalue weighted by Gasteiger charge is -2.13. The molecule has 1 amide bonds. The average molecular weight is 391 g/mol. The first kappa shape index (κ1) is 19.4. The molecule has 0 saturated carbocycles. The van der Waals surface area contributed by atoms with Gasteiger partial charge in [-0.2, -0.15) is 5.10 Å². The highest BCUT2D eigenvalue weighted by Crippen LogP contribution is 2.30. The van der Waals surface area contributed by atoms with Gasteiger partial charge in [-0.3, -0.25) is 0 Å². The molecule has 7 nitrogen and oxygen atoms in total. The van der Waals surface area contributed by atoms with Crippen LogP contribution >= 0.6 is 0 Å². The van der Waals surface area contributed by atoms with Gasteiger partial charge in [-0.25, -0.2) is 18.1 Å². The number of aromatic nitrogens is 2. The Morgan fingerprint density at radius 1 is 1.25 bits per heavy atom. The summed E-state index contributed by atoms with van der Waals surface area (Å²) < 4.78 is 41.3. The van der Waals surface area contributed by atoms with Crippen LogP contribution in [-0.4, -0.2) is 40.1 Å². The minimum atomic E-state index is -1.17. The smallest absolute Gasteiger partial charge is 0.404 e. The van der Waals surface area contributed by atoms with Crippen molar-refractivity contribution >= 4 is 11.6 Å². The van der Waals surface area contributed by atoms with Gasteiger partial charge in [0.25, 0.3) is 0 Å². The van der Waals surface area contributed by atoms with Gasteiger partial charge >= 0.3 is 6.09 Å². The van der Waals surface area contributed by atoms with Crippen LogP contribution in [0.15, 0.2) is 36.5 Å². The standard InChI is InChI=1S/C19H19F2N3O4/c1-3-27-13-5-7-16-17(21)18(23-24(16)9-13)14-6-4-12(8-15(14)20)28-10-11(2)22-19(25)26/h4-9,11,22H,3,10H2,1-2H3,(H,25,26)/t11-/m0/s1. The van der Waals surface area contributed by atoms with Gasteiger partial charge in [-0.15, -0.1) is 0 Å². The number of nitrogens with one attached hydrogen (secondary N) is 1. The Morgan fingerprint density at radius 2 is 2.00 bits per heavy atom. The molecule has 3 aromatic rings. The molecule has 1 aromatic carbocycles. The first-order valence-corrected chi connectivity index (χ1v) is 8.62. The molecule has 0 bridgehead atoms. The second-order valence-electron chi connectivity index (χ2n) is 6.09. The van der Waals surface area contributed by atoms with Gasteiger partial charge in [0.05, 0.1) is 18.8 Å². The number of nitrogens with zero attached hydrogens (tertiary/aromatic N) is 2. The van der Waals surface area contributed by atoms with E-state index >= 15 is 0 Å². The van der Waals surface area contributed by atoms with E-state index in [9.17, 15) is 13.6 Å². The maximum Gasteiger partial charge on any atom is 0.404 e. The van der Waals surface area contributed by atoms with Crippen LogP contribution in [0.25, 0.3) is 16.8 Å². The predicted molar refractivity (Wildman–Crippen MR) is 97.8 cm³/mol. The summed E-state index contributed by atoms with van der Waals surface area (Å²) in [6, 6.07) is 6.61. The maximum absolute atomic E-state index is 14.7. The molecule has 0 unspecified atom stereocenters. The summed E-state index contributed by atoms with van der Waals surface area (Å²) in [6.07, 6.45) is 0.352. The van der Waals surface area contributed by atoms with E-state index in [0.29, 0.717) is 12.4 Å². The molecule has 0 fully saturated rings. The fraction of sp³-hybridized carbons (Fsp3) is 0.263. The maximum atomic E-state index is 14.7. The van der Waals surface area contributed by atoms with Crippen molar-refractivity contribution in [2.45, 2.75) is 19.9 Å². The number of ether oxygens (including phenoxy) is 2. The van der Waals surface area contributed by atoms with Gasteiger partial charge in [0, 0.05) is 11.6 Å². The van der Waals surface area contributed by atoms with Crippen LogP contribution in [0, 0.1) is 11.6 Å². The molecule has 1 atom stereocenters. The van der Waals surface area contributed by atoms with Crippen molar-refractivity contribution in [1.82, 2.24) is 14.9 Å². The van der Waals surface area contributed by atoms with Crippen molar-refractivity contribution in [2.24, 2.45) is 0 Å². The molecular formula is C19H19F2N3O4. The fourth-order valence-corrected chi connectivity index (χ4v) is 2.68. The summed E-state index contributed by atoms with van der Waals surface area (Å²) in [7, 11) is 0. The third kappa shape index (κ3) is 4.13. The Hall–Kier alpha value is -3.36. The number of hydrogen-bond acceptors (Lipinski definition) is 4. The normalized spacial score (nSPS) is 12.0. The molecule has 0 aliphatic carbocycles. The van der Waals surface area contributed by atoms with Crippen LogP contribution in [0.4, 0.5) is 13.6 Å². The van der Waals surface area contributed by atoms with Crippen molar-refractivity contribution in [3.8, 4) is 22.8 Å². The van der Waals surface area contributed by atoms with E-state index in [0.717, 1.165) is 6.07 Å². The number of fused-ring (bicyclic) bond motifs is 1. The molecule has 0 spiro atoms. The SMILES string of the molecule is CCOc1ccc2c(F)c(-c3ccc(OC[C@H](C)NC(=O)O)cc3F)nn2c1. The number of benzene rings is 1. The lowest BCUT2D eigenvalue weighted by Crippen LogP contribution is -2.35. The minimum Gasteiger partial charge on any atom is -0.492 e. The molecule has 0 aliphatic heterocycles. The van der Waals surface area contributed by atoms with Crippen LogP contribution in [-0.2, 0) is 0 Å². The molecule has 0 aliphatic rings. The first-order valence-electron chi connectivity index (χ1n) is 8.62. The predicted octanol–water partition coefficient (Wildman–Crippen LogP) is 3.71. The Labute approximate surface area is 159 Å². The highest BCUT2D eigenvalue weighted by Gasteiger charge is 2.19. The van der Waals surface area contributed by atoms with E-state index in [1.165, 1.54) is 28.9 Å². The Kier molecular flexibility index (Phi) is 5.62. The number of carboxylic acid groups (broad SMARTS) is 1. The highest BCUT2D eigenvalue weighted by atomic mass is 19.1. The lowest BCUT2D eigenvalue weighted by molar-refractivity contribution is 0.183. The van der Waals surface area contributed by atoms with Crippen molar-refractivity contribution in [2.75, 3.05) is 13.2 Å². The molecule has 148 valence electrons. The Bertz CT molecular complexity index is 1010. The molecule has 9 heteroatoms. The van der Waals surface area contributed by atoms with Gasteiger partial charge in [0.1, 0.15) is 35.1 Å². The highest BCUT2D eigenvalue weighted by molar-refractivity contribution is 5.69. The first-order chi connectivity index (χ1) is 13.4. The summed E-state index contributed by atoms with van der Waals surface area (Å²) in [5.74, 6) is -0.626. The van der Waals surface area contributed by atoms with E-state index in [-0.39, 0.29) is 29.1 Å². The van der Waals surface area contributed by atoms with Crippen LogP contribution < -0.4 is 14.8 Å². The minimum absolute atomic E-state index is 0.0109. The van der Waals surface area contributed by atoms with E-state index in [1.54, 1.807) is 13.0 Å². The largest absolute Gasteiger partial charge is 0.492 e. The molecule has 3 rings (SSSR count).